The Labute approximate surface area is 117 Å². The van der Waals surface area contributed by atoms with Gasteiger partial charge in [-0.3, -0.25) is 0 Å². The number of carbonyl (C=O) groups is 2. The lowest BCUT2D eigenvalue weighted by molar-refractivity contribution is -0.276. The van der Waals surface area contributed by atoms with E-state index in [1.54, 1.807) is 0 Å². The van der Waals surface area contributed by atoms with Gasteiger partial charge in [0.1, 0.15) is 0 Å². The van der Waals surface area contributed by atoms with E-state index in [1.165, 1.54) is 0 Å². The summed E-state index contributed by atoms with van der Waals surface area (Å²) in [6.07, 6.45) is -10.6. The monoisotopic (exact) mass is 335 g/mol. The van der Waals surface area contributed by atoms with Crippen LogP contribution in [0.1, 0.15) is 21.0 Å². The number of esters is 2. The van der Waals surface area contributed by atoms with Crippen LogP contribution >= 0.6 is 0 Å². The zero-order valence-electron chi connectivity index (χ0n) is 10.8. The van der Waals surface area contributed by atoms with Gasteiger partial charge in [0.2, 0.25) is 5.69 Å². The number of hydrogen-bond acceptors (Lipinski definition) is 6. The van der Waals surface area contributed by atoms with E-state index in [9.17, 15) is 35.9 Å². The molecule has 0 N–H and O–H groups in total. The lowest BCUT2D eigenvalue weighted by atomic mass is 10.2. The maximum Gasteiger partial charge on any atom is 0.427 e. The van der Waals surface area contributed by atoms with Crippen LogP contribution in [-0.4, -0.2) is 53.5 Å². The van der Waals surface area contributed by atoms with Gasteiger partial charge >= 0.3 is 24.2 Å². The minimum Gasteiger partial charge on any atom is -0.464 e. The fourth-order valence-electron chi connectivity index (χ4n) is 1.31. The van der Waals surface area contributed by atoms with Gasteiger partial charge in [-0.1, -0.05) is 5.21 Å². The summed E-state index contributed by atoms with van der Waals surface area (Å²) in [6.45, 7) is 0. The second-order valence-electron chi connectivity index (χ2n) is 3.67. The number of hydrogen-bond donors (Lipinski definition) is 0. The number of nitrogens with zero attached hydrogens (tertiary/aromatic N) is 3. The van der Waals surface area contributed by atoms with Gasteiger partial charge in [-0.05, 0) is 0 Å². The highest BCUT2D eigenvalue weighted by Gasteiger charge is 2.60. The first kappa shape index (κ1) is 17.7. The molecular weight excluding hydrogens is 328 g/mol. The fourth-order valence-corrected chi connectivity index (χ4v) is 1.31. The van der Waals surface area contributed by atoms with E-state index >= 15 is 0 Å². The standard InChI is InChI=1S/C9H7F6N3O4/c1-21-5(19)3-4(6(20)22-2)18(17-16-3)9(14,15)7(10)8(11,12)13/h7H,1-2H3. The molecule has 0 aromatic carbocycles. The van der Waals surface area contributed by atoms with Crippen LogP contribution in [0.15, 0.2) is 0 Å². The molecule has 0 aliphatic heterocycles. The van der Waals surface area contributed by atoms with Crippen molar-refractivity contribution in [2.24, 2.45) is 0 Å². The Morgan fingerprint density at radius 3 is 2.00 bits per heavy atom. The Morgan fingerprint density at radius 1 is 1.09 bits per heavy atom. The van der Waals surface area contributed by atoms with Crippen LogP contribution in [-0.2, 0) is 15.5 Å². The third kappa shape index (κ3) is 2.96. The molecule has 1 aromatic heterocycles. The molecule has 0 amide bonds. The van der Waals surface area contributed by atoms with Crippen molar-refractivity contribution in [3.63, 3.8) is 0 Å². The van der Waals surface area contributed by atoms with Gasteiger partial charge in [0.25, 0.3) is 6.17 Å². The molecule has 22 heavy (non-hydrogen) atoms. The van der Waals surface area contributed by atoms with Crippen LogP contribution in [0.2, 0.25) is 0 Å². The molecule has 1 atom stereocenters. The molecule has 1 unspecified atom stereocenters. The predicted molar refractivity (Wildman–Crippen MR) is 53.8 cm³/mol. The molecule has 0 aliphatic rings. The van der Waals surface area contributed by atoms with Crippen molar-refractivity contribution >= 4 is 11.9 Å². The van der Waals surface area contributed by atoms with Crippen molar-refractivity contribution in [2.45, 2.75) is 18.4 Å². The average molecular weight is 335 g/mol. The van der Waals surface area contributed by atoms with Crippen LogP contribution in [0.4, 0.5) is 26.3 Å². The number of alkyl halides is 6. The Hall–Kier alpha value is -2.34. The van der Waals surface area contributed by atoms with Crippen LogP contribution in [0.25, 0.3) is 0 Å². The number of halogens is 6. The Kier molecular flexibility index (Phi) is 4.67. The lowest BCUT2D eigenvalue weighted by Gasteiger charge is -2.23. The molecule has 0 radical (unpaired) electrons. The summed E-state index contributed by atoms with van der Waals surface area (Å²) < 4.78 is 83.8. The summed E-state index contributed by atoms with van der Waals surface area (Å²) in [5.74, 6) is -3.13. The quantitative estimate of drug-likeness (QED) is 0.609. The molecule has 0 bridgehead atoms. The number of ether oxygens (including phenoxy) is 2. The molecule has 1 heterocycles. The summed E-state index contributed by atoms with van der Waals surface area (Å²) in [4.78, 5) is 22.6. The molecule has 13 heteroatoms. The molecule has 0 fully saturated rings. The number of methoxy groups -OCH3 is 2. The van der Waals surface area contributed by atoms with E-state index in [1.807, 2.05) is 0 Å². The first-order valence-corrected chi connectivity index (χ1v) is 5.19. The number of aromatic nitrogens is 3. The van der Waals surface area contributed by atoms with Crippen LogP contribution < -0.4 is 0 Å². The SMILES string of the molecule is COC(=O)c1nnn(C(F)(F)C(F)C(F)(F)F)c1C(=O)OC. The molecule has 0 saturated carbocycles. The molecule has 1 aromatic rings. The van der Waals surface area contributed by atoms with Crippen LogP contribution in [0, 0.1) is 0 Å². The normalized spacial score (nSPS) is 13.6. The van der Waals surface area contributed by atoms with Crippen molar-refractivity contribution in [3.8, 4) is 0 Å². The summed E-state index contributed by atoms with van der Waals surface area (Å²) in [5, 5.41) is 5.35. The molecule has 0 saturated heterocycles. The number of carbonyl (C=O) groups excluding carboxylic acids is 2. The predicted octanol–water partition coefficient (Wildman–Crippen LogP) is 1.30. The van der Waals surface area contributed by atoms with E-state index in [2.05, 4.69) is 19.8 Å². The molecule has 124 valence electrons. The van der Waals surface area contributed by atoms with E-state index in [0.717, 1.165) is 7.11 Å². The van der Waals surface area contributed by atoms with Gasteiger partial charge in [-0.2, -0.15) is 26.6 Å². The van der Waals surface area contributed by atoms with Gasteiger partial charge in [0.05, 0.1) is 14.2 Å². The second-order valence-corrected chi connectivity index (χ2v) is 3.67. The highest BCUT2D eigenvalue weighted by molar-refractivity contribution is 6.00. The zero-order valence-corrected chi connectivity index (χ0v) is 10.8. The zero-order chi connectivity index (χ0) is 17.3. The van der Waals surface area contributed by atoms with Gasteiger partial charge in [0, 0.05) is 0 Å². The van der Waals surface area contributed by atoms with Gasteiger partial charge in [-0.25, -0.2) is 14.0 Å². The fraction of sp³-hybridized carbons (Fsp3) is 0.556. The van der Waals surface area contributed by atoms with Crippen molar-refractivity contribution in [2.75, 3.05) is 14.2 Å². The van der Waals surface area contributed by atoms with Crippen molar-refractivity contribution in [1.29, 1.82) is 0 Å². The molecule has 7 nitrogen and oxygen atoms in total. The smallest absolute Gasteiger partial charge is 0.427 e. The Morgan fingerprint density at radius 2 is 1.59 bits per heavy atom. The van der Waals surface area contributed by atoms with Gasteiger partial charge in [-0.15, -0.1) is 5.10 Å². The number of rotatable bonds is 4. The maximum atomic E-state index is 13.6. The van der Waals surface area contributed by atoms with Crippen LogP contribution in [0.5, 0.6) is 0 Å². The van der Waals surface area contributed by atoms with Crippen molar-refractivity contribution < 1.29 is 45.4 Å². The minimum atomic E-state index is -5.95. The maximum absolute atomic E-state index is 13.6. The lowest BCUT2D eigenvalue weighted by Crippen LogP contribution is -2.45. The molecule has 1 rings (SSSR count). The minimum absolute atomic E-state index is 0.690. The summed E-state index contributed by atoms with van der Waals surface area (Å²) in [5.41, 5.74) is -2.63. The van der Waals surface area contributed by atoms with E-state index < -0.39 is 46.4 Å². The van der Waals surface area contributed by atoms with E-state index in [4.69, 9.17) is 0 Å². The first-order chi connectivity index (χ1) is 9.98. The highest BCUT2D eigenvalue weighted by atomic mass is 19.4. The largest absolute Gasteiger partial charge is 0.464 e. The highest BCUT2D eigenvalue weighted by Crippen LogP contribution is 2.38. The molecule has 0 spiro atoms. The van der Waals surface area contributed by atoms with E-state index in [0.29, 0.717) is 7.11 Å². The van der Waals surface area contributed by atoms with Gasteiger partial charge in [0.15, 0.2) is 5.69 Å². The molecular formula is C9H7F6N3O4. The Balaban J connectivity index is 3.51. The summed E-state index contributed by atoms with van der Waals surface area (Å²) in [7, 11) is 1.48. The summed E-state index contributed by atoms with van der Waals surface area (Å²) in [6, 6.07) is -5.35. The average Bonchev–Trinajstić information content (AvgIpc) is 2.89. The molecule has 0 aliphatic carbocycles. The van der Waals surface area contributed by atoms with E-state index in [-0.39, 0.29) is 0 Å². The van der Waals surface area contributed by atoms with Crippen LogP contribution in [0.3, 0.4) is 0 Å². The topological polar surface area (TPSA) is 83.3 Å². The second kappa shape index (κ2) is 5.81. The third-order valence-electron chi connectivity index (χ3n) is 2.30. The van der Waals surface area contributed by atoms with Crippen molar-refractivity contribution in [3.05, 3.63) is 11.4 Å². The van der Waals surface area contributed by atoms with Gasteiger partial charge < -0.3 is 9.47 Å². The summed E-state index contributed by atoms with van der Waals surface area (Å²) >= 11 is 0. The third-order valence-corrected chi connectivity index (χ3v) is 2.30. The van der Waals surface area contributed by atoms with Crippen molar-refractivity contribution in [1.82, 2.24) is 15.0 Å². The first-order valence-electron chi connectivity index (χ1n) is 5.19. The Bertz CT molecular complexity index is 584.